The number of hydrogen-bond donors (Lipinski definition) is 6. The molecule has 0 heterocycles. The van der Waals surface area contributed by atoms with E-state index in [1.165, 1.54) is 6.07 Å². The molecular formula is C26H31N3O4. The molecule has 0 aliphatic heterocycles. The van der Waals surface area contributed by atoms with Gasteiger partial charge in [0.05, 0.1) is 12.7 Å². The minimum atomic E-state index is -0.751. The molecule has 2 amide bonds. The van der Waals surface area contributed by atoms with Crippen LogP contribution in [0, 0.1) is 0 Å². The molecule has 0 unspecified atom stereocenters. The SMILES string of the molecule is C[C@@H](Cc1ccc(NC(=O)NCc2ccccc2)cc1)NC[C@@H](O)c1ccc(O)c(CO)c1. The van der Waals surface area contributed by atoms with Gasteiger partial charge in [0.2, 0.25) is 0 Å². The van der Waals surface area contributed by atoms with Crippen molar-refractivity contribution in [2.75, 3.05) is 11.9 Å². The van der Waals surface area contributed by atoms with E-state index in [0.717, 1.165) is 17.5 Å². The van der Waals surface area contributed by atoms with Crippen LogP contribution < -0.4 is 16.0 Å². The van der Waals surface area contributed by atoms with Gasteiger partial charge < -0.3 is 31.3 Å². The molecule has 0 bridgehead atoms. The normalized spacial score (nSPS) is 12.7. The number of carbonyl (C=O) groups is 1. The van der Waals surface area contributed by atoms with Gasteiger partial charge in [-0.15, -0.1) is 0 Å². The van der Waals surface area contributed by atoms with Gasteiger partial charge in [0.15, 0.2) is 0 Å². The van der Waals surface area contributed by atoms with Crippen molar-refractivity contribution in [3.8, 4) is 5.75 Å². The molecule has 174 valence electrons. The first kappa shape index (κ1) is 24.3. The topological polar surface area (TPSA) is 114 Å². The Balaban J connectivity index is 1.42. The largest absolute Gasteiger partial charge is 0.508 e. The first-order chi connectivity index (χ1) is 15.9. The molecule has 0 radical (unpaired) electrons. The summed E-state index contributed by atoms with van der Waals surface area (Å²) in [5, 5.41) is 38.3. The molecule has 0 aromatic heterocycles. The van der Waals surface area contributed by atoms with E-state index in [1.807, 2.05) is 61.5 Å². The van der Waals surface area contributed by atoms with Crippen LogP contribution in [0.1, 0.15) is 35.3 Å². The molecule has 0 spiro atoms. The van der Waals surface area contributed by atoms with Crippen LogP contribution in [-0.2, 0) is 19.6 Å². The van der Waals surface area contributed by atoms with E-state index < -0.39 is 6.10 Å². The summed E-state index contributed by atoms with van der Waals surface area (Å²) < 4.78 is 0. The highest BCUT2D eigenvalue weighted by molar-refractivity contribution is 5.89. The zero-order valence-corrected chi connectivity index (χ0v) is 18.7. The van der Waals surface area contributed by atoms with Crippen molar-refractivity contribution in [2.24, 2.45) is 0 Å². The number of aliphatic hydroxyl groups excluding tert-OH is 2. The van der Waals surface area contributed by atoms with E-state index in [4.69, 9.17) is 0 Å². The maximum absolute atomic E-state index is 12.1. The number of carbonyl (C=O) groups excluding carboxylic acids is 1. The third-order valence-corrected chi connectivity index (χ3v) is 5.37. The third kappa shape index (κ3) is 7.61. The van der Waals surface area contributed by atoms with Gasteiger partial charge in [-0.3, -0.25) is 0 Å². The molecule has 0 saturated carbocycles. The van der Waals surface area contributed by atoms with Crippen LogP contribution in [0.2, 0.25) is 0 Å². The lowest BCUT2D eigenvalue weighted by Gasteiger charge is -2.18. The predicted octanol–water partition coefficient (Wildman–Crippen LogP) is 3.46. The lowest BCUT2D eigenvalue weighted by Crippen LogP contribution is -2.32. The number of hydrogen-bond acceptors (Lipinski definition) is 5. The Kier molecular flexibility index (Phi) is 8.83. The van der Waals surface area contributed by atoms with Gasteiger partial charge in [-0.1, -0.05) is 48.5 Å². The summed E-state index contributed by atoms with van der Waals surface area (Å²) in [6.07, 6.45) is 0.00401. The Morgan fingerprint density at radius 2 is 1.70 bits per heavy atom. The van der Waals surface area contributed by atoms with E-state index in [2.05, 4.69) is 16.0 Å². The highest BCUT2D eigenvalue weighted by Crippen LogP contribution is 2.22. The van der Waals surface area contributed by atoms with Crippen LogP contribution in [0.3, 0.4) is 0 Å². The summed E-state index contributed by atoms with van der Waals surface area (Å²) in [6, 6.07) is 22.0. The Bertz CT molecular complexity index is 1030. The minimum Gasteiger partial charge on any atom is -0.508 e. The molecule has 3 rings (SSSR count). The number of benzene rings is 3. The van der Waals surface area contributed by atoms with Gasteiger partial charge in [-0.25, -0.2) is 4.79 Å². The van der Waals surface area contributed by atoms with Gasteiger partial charge in [0.25, 0.3) is 0 Å². The maximum atomic E-state index is 12.1. The monoisotopic (exact) mass is 449 g/mol. The van der Waals surface area contributed by atoms with Crippen LogP contribution in [0.4, 0.5) is 10.5 Å². The molecule has 2 atom stereocenters. The summed E-state index contributed by atoms with van der Waals surface area (Å²) in [7, 11) is 0. The van der Waals surface area contributed by atoms with Crippen LogP contribution >= 0.6 is 0 Å². The first-order valence-electron chi connectivity index (χ1n) is 11.0. The number of nitrogens with one attached hydrogen (secondary N) is 3. The van der Waals surface area contributed by atoms with Crippen LogP contribution in [0.15, 0.2) is 72.8 Å². The fourth-order valence-electron chi connectivity index (χ4n) is 3.47. The number of phenols is 1. The molecule has 0 aliphatic carbocycles. The lowest BCUT2D eigenvalue weighted by molar-refractivity contribution is 0.170. The Hall–Kier alpha value is -3.39. The summed E-state index contributed by atoms with van der Waals surface area (Å²) in [4.78, 5) is 12.1. The van der Waals surface area contributed by atoms with Crippen LogP contribution in [-0.4, -0.2) is 33.9 Å². The summed E-state index contributed by atoms with van der Waals surface area (Å²) in [5.74, 6) is 0.0152. The van der Waals surface area contributed by atoms with Crippen molar-refractivity contribution in [3.05, 3.63) is 95.1 Å². The molecule has 0 fully saturated rings. The number of rotatable bonds is 10. The number of aromatic hydroxyl groups is 1. The van der Waals surface area contributed by atoms with Gasteiger partial charge in [-0.05, 0) is 54.3 Å². The van der Waals surface area contributed by atoms with E-state index in [0.29, 0.717) is 29.9 Å². The smallest absolute Gasteiger partial charge is 0.319 e. The number of aliphatic hydroxyl groups is 2. The van der Waals surface area contributed by atoms with Crippen molar-refractivity contribution in [3.63, 3.8) is 0 Å². The van der Waals surface area contributed by atoms with Crippen molar-refractivity contribution in [2.45, 2.75) is 38.6 Å². The zero-order valence-electron chi connectivity index (χ0n) is 18.7. The second kappa shape index (κ2) is 12.0. The number of anilines is 1. The third-order valence-electron chi connectivity index (χ3n) is 5.37. The zero-order chi connectivity index (χ0) is 23.6. The Morgan fingerprint density at radius 3 is 2.39 bits per heavy atom. The second-order valence-electron chi connectivity index (χ2n) is 8.07. The standard InChI is InChI=1S/C26H31N3O4/c1-18(27-16-25(32)21-9-12-24(31)22(14-21)17-30)13-19-7-10-23(11-8-19)29-26(33)28-15-20-5-3-2-4-6-20/h2-12,14,18,25,27,30-32H,13,15-17H2,1H3,(H2,28,29,33)/t18-,25+/m0/s1. The number of urea groups is 1. The van der Waals surface area contributed by atoms with Crippen molar-refractivity contribution in [1.29, 1.82) is 0 Å². The van der Waals surface area contributed by atoms with Crippen molar-refractivity contribution in [1.82, 2.24) is 10.6 Å². The molecule has 33 heavy (non-hydrogen) atoms. The molecule has 0 saturated heterocycles. The van der Waals surface area contributed by atoms with Crippen LogP contribution in [0.25, 0.3) is 0 Å². The highest BCUT2D eigenvalue weighted by atomic mass is 16.3. The van der Waals surface area contributed by atoms with Gasteiger partial charge in [-0.2, -0.15) is 0 Å². The highest BCUT2D eigenvalue weighted by Gasteiger charge is 2.12. The average Bonchev–Trinajstić information content (AvgIpc) is 2.83. The van der Waals surface area contributed by atoms with Gasteiger partial charge in [0, 0.05) is 30.4 Å². The molecular weight excluding hydrogens is 418 g/mol. The number of amides is 2. The quantitative estimate of drug-likeness (QED) is 0.284. The van der Waals surface area contributed by atoms with Gasteiger partial charge in [0.1, 0.15) is 5.75 Å². The second-order valence-corrected chi connectivity index (χ2v) is 8.07. The van der Waals surface area contributed by atoms with Crippen molar-refractivity contribution >= 4 is 11.7 Å². The minimum absolute atomic E-state index is 0.0152. The van der Waals surface area contributed by atoms with E-state index in [1.54, 1.807) is 12.1 Å². The fraction of sp³-hybridized carbons (Fsp3) is 0.269. The Morgan fingerprint density at radius 1 is 0.970 bits per heavy atom. The average molecular weight is 450 g/mol. The summed E-state index contributed by atoms with van der Waals surface area (Å²) in [6.45, 7) is 2.56. The first-order valence-corrected chi connectivity index (χ1v) is 11.0. The Labute approximate surface area is 194 Å². The van der Waals surface area contributed by atoms with E-state index in [9.17, 15) is 20.1 Å². The summed E-state index contributed by atoms with van der Waals surface area (Å²) >= 11 is 0. The van der Waals surface area contributed by atoms with E-state index >= 15 is 0 Å². The molecule has 6 N–H and O–H groups in total. The molecule has 7 heteroatoms. The lowest BCUT2D eigenvalue weighted by atomic mass is 10.0. The molecule has 0 aliphatic rings. The summed E-state index contributed by atoms with van der Waals surface area (Å²) in [5.41, 5.74) is 3.88. The molecule has 3 aromatic carbocycles. The predicted molar refractivity (Wildman–Crippen MR) is 129 cm³/mol. The molecule has 7 nitrogen and oxygen atoms in total. The maximum Gasteiger partial charge on any atom is 0.319 e. The fourth-order valence-corrected chi connectivity index (χ4v) is 3.47. The van der Waals surface area contributed by atoms with Gasteiger partial charge >= 0.3 is 6.03 Å². The van der Waals surface area contributed by atoms with Crippen molar-refractivity contribution < 1.29 is 20.1 Å². The van der Waals surface area contributed by atoms with E-state index in [-0.39, 0.29) is 24.4 Å². The van der Waals surface area contributed by atoms with Crippen LogP contribution in [0.5, 0.6) is 5.75 Å². The molecule has 3 aromatic rings.